The van der Waals surface area contributed by atoms with Crippen LogP contribution in [0.3, 0.4) is 0 Å². The Kier molecular flexibility index (Phi) is 7.37. The van der Waals surface area contributed by atoms with E-state index >= 15 is 0 Å². The van der Waals surface area contributed by atoms with Crippen LogP contribution < -0.4 is 11.1 Å². The summed E-state index contributed by atoms with van der Waals surface area (Å²) in [5.74, 6) is 5.27. The maximum absolute atomic E-state index is 11.9. The van der Waals surface area contributed by atoms with Crippen LogP contribution in [-0.2, 0) is 9.53 Å². The third-order valence-corrected chi connectivity index (χ3v) is 2.49. The summed E-state index contributed by atoms with van der Waals surface area (Å²) in [6.45, 7) is 1.40. The van der Waals surface area contributed by atoms with Gasteiger partial charge in [-0.15, -0.1) is 0 Å². The molecule has 0 aliphatic carbocycles. The Labute approximate surface area is 122 Å². The van der Waals surface area contributed by atoms with E-state index in [4.69, 9.17) is 5.73 Å². The second-order valence-electron chi connectivity index (χ2n) is 4.32. The maximum atomic E-state index is 11.9. The van der Waals surface area contributed by atoms with Crippen LogP contribution in [0, 0.1) is 18.8 Å². The number of nitrogens with one attached hydrogen (secondary N) is 1. The number of aryl methyl sites for hydroxylation is 1. The Morgan fingerprint density at radius 3 is 2.90 bits per heavy atom. The van der Waals surface area contributed by atoms with Crippen LogP contribution in [0.25, 0.3) is 0 Å². The molecule has 6 heteroatoms. The van der Waals surface area contributed by atoms with Crippen molar-refractivity contribution in [2.45, 2.75) is 19.8 Å². The summed E-state index contributed by atoms with van der Waals surface area (Å²) in [5, 5.41) is 2.70. The van der Waals surface area contributed by atoms with Crippen LogP contribution in [0.2, 0.25) is 0 Å². The molecule has 0 spiro atoms. The number of rotatable bonds is 6. The number of carbonyl (C=O) groups is 1. The van der Waals surface area contributed by atoms with E-state index < -0.39 is 13.0 Å². The van der Waals surface area contributed by atoms with Crippen LogP contribution >= 0.6 is 0 Å². The molecule has 0 fully saturated rings. The smallest absolute Gasteiger partial charge is 0.261 e. The number of benzene rings is 1. The van der Waals surface area contributed by atoms with Crippen molar-refractivity contribution < 1.29 is 18.3 Å². The van der Waals surface area contributed by atoms with Gasteiger partial charge >= 0.3 is 0 Å². The van der Waals surface area contributed by atoms with Gasteiger partial charge < -0.3 is 15.8 Å². The average molecular weight is 296 g/mol. The lowest BCUT2D eigenvalue weighted by Crippen LogP contribution is -2.16. The highest BCUT2D eigenvalue weighted by atomic mass is 19.3. The Morgan fingerprint density at radius 2 is 2.24 bits per heavy atom. The lowest BCUT2D eigenvalue weighted by atomic mass is 10.1. The van der Waals surface area contributed by atoms with Crippen molar-refractivity contribution in [3.05, 3.63) is 29.3 Å². The van der Waals surface area contributed by atoms with Gasteiger partial charge in [-0.05, 0) is 24.6 Å². The highest BCUT2D eigenvalue weighted by Crippen LogP contribution is 2.17. The van der Waals surface area contributed by atoms with Crippen molar-refractivity contribution in [2.75, 3.05) is 25.1 Å². The topological polar surface area (TPSA) is 64.3 Å². The molecule has 0 radical (unpaired) electrons. The van der Waals surface area contributed by atoms with E-state index in [1.165, 1.54) is 0 Å². The normalized spacial score (nSPS) is 10.1. The second-order valence-corrected chi connectivity index (χ2v) is 4.32. The molecular weight excluding hydrogens is 278 g/mol. The van der Waals surface area contributed by atoms with E-state index in [0.717, 1.165) is 5.56 Å². The number of anilines is 1. The largest absolute Gasteiger partial charge is 0.375 e. The summed E-state index contributed by atoms with van der Waals surface area (Å²) in [6.07, 6.45) is -2.52. The van der Waals surface area contributed by atoms with Crippen molar-refractivity contribution in [1.29, 1.82) is 0 Å². The number of hydrogen-bond donors (Lipinski definition) is 2. The Bertz CT molecular complexity index is 536. The zero-order chi connectivity index (χ0) is 15.7. The van der Waals surface area contributed by atoms with Crippen LogP contribution in [0.1, 0.15) is 17.5 Å². The molecule has 114 valence electrons. The minimum absolute atomic E-state index is 0.00438. The average Bonchev–Trinajstić information content (AvgIpc) is 2.42. The fourth-order valence-corrected chi connectivity index (χ4v) is 1.57. The summed E-state index contributed by atoms with van der Waals surface area (Å²) < 4.78 is 28.4. The molecule has 21 heavy (non-hydrogen) atoms. The third kappa shape index (κ3) is 6.84. The van der Waals surface area contributed by atoms with Gasteiger partial charge in [0.25, 0.3) is 6.43 Å². The summed E-state index contributed by atoms with van der Waals surface area (Å²) >= 11 is 0. The molecule has 1 aromatic carbocycles. The zero-order valence-electron chi connectivity index (χ0n) is 11.8. The minimum atomic E-state index is -2.53. The molecule has 3 N–H and O–H groups in total. The van der Waals surface area contributed by atoms with Gasteiger partial charge in [0.1, 0.15) is 6.61 Å². The molecule has 1 aromatic rings. The standard InChI is InChI=1S/C15H18F2N2O2/c1-11-4-5-12(3-2-7-18)13(9-11)19-15(20)6-8-21-10-14(16)17/h4-5,9,14H,6-8,10,18H2,1H3,(H,19,20). The van der Waals surface area contributed by atoms with Gasteiger partial charge in [0, 0.05) is 5.56 Å². The monoisotopic (exact) mass is 296 g/mol. The van der Waals surface area contributed by atoms with Gasteiger partial charge in [-0.1, -0.05) is 17.9 Å². The van der Waals surface area contributed by atoms with Crippen LogP contribution in [0.15, 0.2) is 18.2 Å². The lowest BCUT2D eigenvalue weighted by molar-refractivity contribution is -0.117. The highest BCUT2D eigenvalue weighted by molar-refractivity contribution is 5.92. The van der Waals surface area contributed by atoms with Gasteiger partial charge in [-0.2, -0.15) is 0 Å². The molecule has 0 heterocycles. The van der Waals surface area contributed by atoms with Crippen LogP contribution in [-0.4, -0.2) is 32.1 Å². The first-order valence-electron chi connectivity index (χ1n) is 6.48. The summed E-state index contributed by atoms with van der Waals surface area (Å²) in [6, 6.07) is 5.46. The van der Waals surface area contributed by atoms with Crippen molar-refractivity contribution in [1.82, 2.24) is 0 Å². The van der Waals surface area contributed by atoms with Crippen molar-refractivity contribution in [2.24, 2.45) is 5.73 Å². The van der Waals surface area contributed by atoms with Gasteiger partial charge in [0.05, 0.1) is 25.3 Å². The van der Waals surface area contributed by atoms with Gasteiger partial charge in [-0.3, -0.25) is 4.79 Å². The number of nitrogens with two attached hydrogens (primary N) is 1. The first kappa shape index (κ1) is 17.1. The quantitative estimate of drug-likeness (QED) is 0.622. The Balaban J connectivity index is 2.60. The maximum Gasteiger partial charge on any atom is 0.261 e. The first-order valence-corrected chi connectivity index (χ1v) is 6.48. The number of halogens is 2. The van der Waals surface area contributed by atoms with E-state index in [1.807, 2.05) is 13.0 Å². The van der Waals surface area contributed by atoms with Crippen molar-refractivity contribution >= 4 is 11.6 Å². The Morgan fingerprint density at radius 1 is 1.48 bits per heavy atom. The number of amides is 1. The molecule has 4 nitrogen and oxygen atoms in total. The molecule has 0 saturated carbocycles. The number of carbonyl (C=O) groups excluding carboxylic acids is 1. The molecular formula is C15H18F2N2O2. The van der Waals surface area contributed by atoms with E-state index in [2.05, 4.69) is 21.9 Å². The van der Waals surface area contributed by atoms with E-state index in [0.29, 0.717) is 11.3 Å². The Hall–Kier alpha value is -1.97. The molecule has 0 saturated heterocycles. The summed E-state index contributed by atoms with van der Waals surface area (Å²) in [5.41, 5.74) is 7.53. The van der Waals surface area contributed by atoms with Crippen molar-refractivity contribution in [3.63, 3.8) is 0 Å². The predicted molar refractivity (Wildman–Crippen MR) is 77.2 cm³/mol. The number of hydrogen-bond acceptors (Lipinski definition) is 3. The summed E-state index contributed by atoms with van der Waals surface area (Å²) in [4.78, 5) is 11.7. The van der Waals surface area contributed by atoms with Crippen LogP contribution in [0.5, 0.6) is 0 Å². The molecule has 1 rings (SSSR count). The lowest BCUT2D eigenvalue weighted by Gasteiger charge is -2.09. The predicted octanol–water partition coefficient (Wildman–Crippen LogP) is 1.92. The number of ether oxygens (including phenoxy) is 1. The minimum Gasteiger partial charge on any atom is -0.375 e. The SMILES string of the molecule is Cc1ccc(C#CCN)c(NC(=O)CCOCC(F)F)c1. The highest BCUT2D eigenvalue weighted by Gasteiger charge is 2.07. The second kappa shape index (κ2) is 9.06. The molecule has 0 aliphatic rings. The van der Waals surface area contributed by atoms with E-state index in [9.17, 15) is 13.6 Å². The van der Waals surface area contributed by atoms with Gasteiger partial charge in [-0.25, -0.2) is 8.78 Å². The summed E-state index contributed by atoms with van der Waals surface area (Å²) in [7, 11) is 0. The molecule has 1 amide bonds. The van der Waals surface area contributed by atoms with E-state index in [-0.39, 0.29) is 25.5 Å². The molecule has 0 unspecified atom stereocenters. The zero-order valence-corrected chi connectivity index (χ0v) is 11.8. The molecule has 0 atom stereocenters. The molecule has 0 aromatic heterocycles. The van der Waals surface area contributed by atoms with Crippen LogP contribution in [0.4, 0.5) is 14.5 Å². The van der Waals surface area contributed by atoms with Gasteiger partial charge in [0.15, 0.2) is 0 Å². The van der Waals surface area contributed by atoms with Crippen molar-refractivity contribution in [3.8, 4) is 11.8 Å². The molecule has 0 bridgehead atoms. The fraction of sp³-hybridized carbons (Fsp3) is 0.400. The molecule has 0 aliphatic heterocycles. The van der Waals surface area contributed by atoms with E-state index in [1.54, 1.807) is 12.1 Å². The third-order valence-electron chi connectivity index (χ3n) is 2.49. The fourth-order valence-electron chi connectivity index (χ4n) is 1.57. The first-order chi connectivity index (χ1) is 10.0. The van der Waals surface area contributed by atoms with Gasteiger partial charge in [0.2, 0.25) is 5.91 Å². The number of alkyl halides is 2.